The summed E-state index contributed by atoms with van der Waals surface area (Å²) in [5.74, 6) is -0.964. The second-order valence-corrected chi connectivity index (χ2v) is 4.01. The molecule has 18 heavy (non-hydrogen) atoms. The van der Waals surface area contributed by atoms with Crippen LogP contribution in [0.5, 0.6) is 11.5 Å². The van der Waals surface area contributed by atoms with Gasteiger partial charge in [-0.05, 0) is 29.8 Å². The largest absolute Gasteiger partial charge is 0.454 e. The number of aliphatic hydroxyl groups is 1. The number of hydrogen-bond donors (Lipinski definition) is 1. The van der Waals surface area contributed by atoms with Gasteiger partial charge in [-0.1, -0.05) is 17.7 Å². The van der Waals surface area contributed by atoms with E-state index < -0.39 is 11.6 Å². The van der Waals surface area contributed by atoms with Crippen LogP contribution in [0.2, 0.25) is 5.02 Å². The molecule has 0 heterocycles. The maximum absolute atomic E-state index is 13.6. The molecule has 0 aliphatic rings. The summed E-state index contributed by atoms with van der Waals surface area (Å²) < 4.78 is 31.7. The summed E-state index contributed by atoms with van der Waals surface area (Å²) >= 11 is 5.59. The highest BCUT2D eigenvalue weighted by molar-refractivity contribution is 6.30. The maximum Gasteiger partial charge on any atom is 0.166 e. The Balaban J connectivity index is 2.25. The SMILES string of the molecule is OCc1ccc(Oc2ccc(F)c(Cl)c2)c(F)c1. The molecule has 0 aliphatic heterocycles. The average molecular weight is 271 g/mol. The van der Waals surface area contributed by atoms with Crippen LogP contribution >= 0.6 is 11.6 Å². The molecule has 0 unspecified atom stereocenters. The zero-order valence-electron chi connectivity index (χ0n) is 9.16. The van der Waals surface area contributed by atoms with Gasteiger partial charge in [0.2, 0.25) is 0 Å². The van der Waals surface area contributed by atoms with Crippen LogP contribution in [0.25, 0.3) is 0 Å². The van der Waals surface area contributed by atoms with Crippen LogP contribution < -0.4 is 4.74 Å². The van der Waals surface area contributed by atoms with Crippen molar-refractivity contribution in [3.63, 3.8) is 0 Å². The third-order valence-electron chi connectivity index (χ3n) is 2.30. The van der Waals surface area contributed by atoms with Crippen molar-refractivity contribution in [3.8, 4) is 11.5 Å². The van der Waals surface area contributed by atoms with Gasteiger partial charge in [0.25, 0.3) is 0 Å². The Kier molecular flexibility index (Phi) is 3.79. The molecule has 0 radical (unpaired) electrons. The standard InChI is InChI=1S/C13H9ClF2O2/c14-10-6-9(2-3-11(10)15)18-13-4-1-8(7-17)5-12(13)16/h1-6,17H,7H2. The molecule has 2 nitrogen and oxygen atoms in total. The molecule has 1 N–H and O–H groups in total. The van der Waals surface area contributed by atoms with E-state index in [-0.39, 0.29) is 23.1 Å². The molecule has 0 spiro atoms. The van der Waals surface area contributed by atoms with Gasteiger partial charge in [0, 0.05) is 6.07 Å². The summed E-state index contributed by atoms with van der Waals surface area (Å²) in [5.41, 5.74) is 0.442. The van der Waals surface area contributed by atoms with Crippen LogP contribution in [0.4, 0.5) is 8.78 Å². The van der Waals surface area contributed by atoms with Crippen molar-refractivity contribution in [2.45, 2.75) is 6.61 Å². The van der Waals surface area contributed by atoms with Crippen molar-refractivity contribution in [2.75, 3.05) is 0 Å². The smallest absolute Gasteiger partial charge is 0.166 e. The Morgan fingerprint density at radius 1 is 1.06 bits per heavy atom. The van der Waals surface area contributed by atoms with Crippen molar-refractivity contribution >= 4 is 11.6 Å². The first-order valence-corrected chi connectivity index (χ1v) is 5.50. The number of rotatable bonds is 3. The second-order valence-electron chi connectivity index (χ2n) is 3.60. The lowest BCUT2D eigenvalue weighted by Crippen LogP contribution is -1.91. The molecule has 0 aliphatic carbocycles. The molecule has 0 fully saturated rings. The number of halogens is 3. The first-order chi connectivity index (χ1) is 8.60. The van der Waals surface area contributed by atoms with E-state index >= 15 is 0 Å². The van der Waals surface area contributed by atoms with Crippen molar-refractivity contribution in [1.82, 2.24) is 0 Å². The van der Waals surface area contributed by atoms with Crippen LogP contribution in [-0.4, -0.2) is 5.11 Å². The van der Waals surface area contributed by atoms with E-state index in [4.69, 9.17) is 21.4 Å². The van der Waals surface area contributed by atoms with Gasteiger partial charge in [-0.25, -0.2) is 8.78 Å². The fraction of sp³-hybridized carbons (Fsp3) is 0.0769. The van der Waals surface area contributed by atoms with Crippen molar-refractivity contribution in [1.29, 1.82) is 0 Å². The van der Waals surface area contributed by atoms with Crippen molar-refractivity contribution < 1.29 is 18.6 Å². The van der Waals surface area contributed by atoms with E-state index in [1.54, 1.807) is 0 Å². The Bertz CT molecular complexity index is 573. The summed E-state index contributed by atoms with van der Waals surface area (Å²) in [6, 6.07) is 7.83. The molecular weight excluding hydrogens is 262 g/mol. The molecule has 2 aromatic rings. The lowest BCUT2D eigenvalue weighted by atomic mass is 10.2. The van der Waals surface area contributed by atoms with Crippen LogP contribution in [0, 0.1) is 11.6 Å². The summed E-state index contributed by atoms with van der Waals surface area (Å²) in [7, 11) is 0. The fourth-order valence-corrected chi connectivity index (χ4v) is 1.56. The first kappa shape index (κ1) is 12.8. The predicted molar refractivity (Wildman–Crippen MR) is 63.8 cm³/mol. The molecule has 94 valence electrons. The third kappa shape index (κ3) is 2.78. The third-order valence-corrected chi connectivity index (χ3v) is 2.59. The molecule has 0 bridgehead atoms. The van der Waals surface area contributed by atoms with E-state index in [2.05, 4.69) is 0 Å². The number of ether oxygens (including phenoxy) is 1. The summed E-state index contributed by atoms with van der Waals surface area (Å²) in [5, 5.41) is 8.75. The van der Waals surface area contributed by atoms with E-state index in [0.717, 1.165) is 6.07 Å². The number of aliphatic hydroxyl groups excluding tert-OH is 1. The van der Waals surface area contributed by atoms with Crippen LogP contribution in [-0.2, 0) is 6.61 Å². The molecule has 0 aromatic heterocycles. The van der Waals surface area contributed by atoms with Gasteiger partial charge >= 0.3 is 0 Å². The Morgan fingerprint density at radius 2 is 1.83 bits per heavy atom. The Morgan fingerprint density at radius 3 is 2.44 bits per heavy atom. The summed E-state index contributed by atoms with van der Waals surface area (Å²) in [6.07, 6.45) is 0. The molecule has 0 atom stereocenters. The fourth-order valence-electron chi connectivity index (χ4n) is 1.39. The molecular formula is C13H9ClF2O2. The van der Waals surface area contributed by atoms with Crippen LogP contribution in [0.15, 0.2) is 36.4 Å². The van der Waals surface area contributed by atoms with E-state index in [1.165, 1.54) is 30.3 Å². The predicted octanol–water partition coefficient (Wildman–Crippen LogP) is 3.90. The lowest BCUT2D eigenvalue weighted by Gasteiger charge is -2.08. The van der Waals surface area contributed by atoms with Gasteiger partial charge in [-0.15, -0.1) is 0 Å². The Hall–Kier alpha value is -1.65. The number of hydrogen-bond acceptors (Lipinski definition) is 2. The monoisotopic (exact) mass is 270 g/mol. The number of benzene rings is 2. The molecule has 0 saturated carbocycles. The van der Waals surface area contributed by atoms with Gasteiger partial charge in [0.1, 0.15) is 11.6 Å². The minimum Gasteiger partial charge on any atom is -0.454 e. The van der Waals surface area contributed by atoms with E-state index in [0.29, 0.717) is 5.56 Å². The van der Waals surface area contributed by atoms with Crippen molar-refractivity contribution in [2.24, 2.45) is 0 Å². The topological polar surface area (TPSA) is 29.5 Å². The van der Waals surface area contributed by atoms with E-state index in [1.807, 2.05) is 0 Å². The van der Waals surface area contributed by atoms with Gasteiger partial charge in [-0.3, -0.25) is 0 Å². The highest BCUT2D eigenvalue weighted by Crippen LogP contribution is 2.28. The van der Waals surface area contributed by atoms with Gasteiger partial charge in [-0.2, -0.15) is 0 Å². The molecule has 5 heteroatoms. The average Bonchev–Trinajstić information content (AvgIpc) is 2.36. The van der Waals surface area contributed by atoms with Gasteiger partial charge < -0.3 is 9.84 Å². The minimum atomic E-state index is -0.609. The van der Waals surface area contributed by atoms with Gasteiger partial charge in [0.05, 0.1) is 11.6 Å². The quantitative estimate of drug-likeness (QED) is 0.916. The molecule has 0 saturated heterocycles. The zero-order chi connectivity index (χ0) is 13.1. The summed E-state index contributed by atoms with van der Waals surface area (Å²) in [4.78, 5) is 0. The van der Waals surface area contributed by atoms with E-state index in [9.17, 15) is 8.78 Å². The van der Waals surface area contributed by atoms with Gasteiger partial charge in [0.15, 0.2) is 11.6 Å². The minimum absolute atomic E-state index is 0.0186. The zero-order valence-corrected chi connectivity index (χ0v) is 9.92. The Labute approximate surface area is 107 Å². The lowest BCUT2D eigenvalue weighted by molar-refractivity contribution is 0.281. The van der Waals surface area contributed by atoms with Crippen LogP contribution in [0.3, 0.4) is 0 Å². The highest BCUT2D eigenvalue weighted by atomic mass is 35.5. The summed E-state index contributed by atoms with van der Waals surface area (Å²) in [6.45, 7) is -0.250. The first-order valence-electron chi connectivity index (χ1n) is 5.12. The molecule has 0 amide bonds. The second kappa shape index (κ2) is 5.33. The molecule has 2 rings (SSSR count). The maximum atomic E-state index is 13.6. The normalized spacial score (nSPS) is 10.4. The van der Waals surface area contributed by atoms with Crippen LogP contribution in [0.1, 0.15) is 5.56 Å². The highest BCUT2D eigenvalue weighted by Gasteiger charge is 2.07. The molecule has 2 aromatic carbocycles. The van der Waals surface area contributed by atoms with Crippen molar-refractivity contribution in [3.05, 3.63) is 58.6 Å².